The van der Waals surface area contributed by atoms with Gasteiger partial charge in [-0.15, -0.1) is 0 Å². The van der Waals surface area contributed by atoms with Gasteiger partial charge in [-0.25, -0.2) is 4.98 Å². The minimum Gasteiger partial charge on any atom is -0.368 e. The van der Waals surface area contributed by atoms with Crippen LogP contribution in [-0.4, -0.2) is 23.1 Å². The van der Waals surface area contributed by atoms with Crippen LogP contribution in [0.5, 0.6) is 0 Å². The third-order valence-corrected chi connectivity index (χ3v) is 4.80. The highest BCUT2D eigenvalue weighted by Crippen LogP contribution is 2.46. The fourth-order valence-corrected chi connectivity index (χ4v) is 3.62. The Morgan fingerprint density at radius 2 is 1.83 bits per heavy atom. The predicted molar refractivity (Wildman–Crippen MR) is 73.8 cm³/mol. The Morgan fingerprint density at radius 3 is 2.50 bits per heavy atom. The maximum Gasteiger partial charge on any atom is 0.222 e. The van der Waals surface area contributed by atoms with Crippen LogP contribution in [0.3, 0.4) is 0 Å². The summed E-state index contributed by atoms with van der Waals surface area (Å²) >= 11 is 6.16. The fourth-order valence-electron chi connectivity index (χ4n) is 3.41. The SMILES string of the molecule is Nc1ncc(Cl)c(N2CCC3(CCCC3)CC2)n1. The Kier molecular flexibility index (Phi) is 3.06. The van der Waals surface area contributed by atoms with Gasteiger partial charge >= 0.3 is 0 Å². The molecule has 1 saturated carbocycles. The van der Waals surface area contributed by atoms with Gasteiger partial charge in [0.2, 0.25) is 5.95 Å². The lowest BCUT2D eigenvalue weighted by Gasteiger charge is -2.40. The zero-order chi connectivity index (χ0) is 12.6. The van der Waals surface area contributed by atoms with Crippen molar-refractivity contribution in [2.24, 2.45) is 5.41 Å². The van der Waals surface area contributed by atoms with Gasteiger partial charge in [-0.2, -0.15) is 4.98 Å². The molecule has 0 amide bonds. The summed E-state index contributed by atoms with van der Waals surface area (Å²) < 4.78 is 0. The molecule has 0 atom stereocenters. The minimum absolute atomic E-state index is 0.301. The van der Waals surface area contributed by atoms with Crippen LogP contribution in [-0.2, 0) is 0 Å². The van der Waals surface area contributed by atoms with E-state index in [-0.39, 0.29) is 0 Å². The van der Waals surface area contributed by atoms with E-state index in [2.05, 4.69) is 14.9 Å². The number of hydrogen-bond acceptors (Lipinski definition) is 4. The molecule has 0 bridgehead atoms. The number of rotatable bonds is 1. The van der Waals surface area contributed by atoms with E-state index >= 15 is 0 Å². The topological polar surface area (TPSA) is 55.0 Å². The molecule has 2 aliphatic rings. The number of nitrogens with zero attached hydrogens (tertiary/aromatic N) is 3. The van der Waals surface area contributed by atoms with Gasteiger partial charge in [-0.05, 0) is 31.1 Å². The van der Waals surface area contributed by atoms with Crippen molar-refractivity contribution in [3.8, 4) is 0 Å². The molecule has 1 spiro atoms. The van der Waals surface area contributed by atoms with E-state index in [9.17, 15) is 0 Å². The van der Waals surface area contributed by atoms with Crippen LogP contribution in [0.15, 0.2) is 6.20 Å². The van der Waals surface area contributed by atoms with Gasteiger partial charge in [-0.1, -0.05) is 24.4 Å². The van der Waals surface area contributed by atoms with Crippen LogP contribution in [0.1, 0.15) is 38.5 Å². The molecule has 2 heterocycles. The Hall–Kier alpha value is -1.03. The van der Waals surface area contributed by atoms with Gasteiger partial charge in [0.1, 0.15) is 5.02 Å². The van der Waals surface area contributed by atoms with E-state index in [4.69, 9.17) is 17.3 Å². The summed E-state index contributed by atoms with van der Waals surface area (Å²) in [5, 5.41) is 0.603. The summed E-state index contributed by atoms with van der Waals surface area (Å²) in [4.78, 5) is 10.4. The normalized spacial score (nSPS) is 22.6. The molecule has 5 heteroatoms. The molecule has 3 rings (SSSR count). The third-order valence-electron chi connectivity index (χ3n) is 4.53. The van der Waals surface area contributed by atoms with Crippen molar-refractivity contribution in [2.75, 3.05) is 23.7 Å². The molecule has 0 radical (unpaired) electrons. The van der Waals surface area contributed by atoms with Crippen LogP contribution in [0.25, 0.3) is 0 Å². The average Bonchev–Trinajstić information content (AvgIpc) is 2.82. The van der Waals surface area contributed by atoms with Crippen LogP contribution >= 0.6 is 11.6 Å². The van der Waals surface area contributed by atoms with Crippen LogP contribution in [0, 0.1) is 5.41 Å². The van der Waals surface area contributed by atoms with Crippen LogP contribution in [0.4, 0.5) is 11.8 Å². The summed E-state index contributed by atoms with van der Waals surface area (Å²) in [6.45, 7) is 2.08. The standard InChI is InChI=1S/C13H19ClN4/c14-10-9-16-12(15)17-11(10)18-7-5-13(6-8-18)3-1-2-4-13/h9H,1-8H2,(H2,15,16,17). The highest BCUT2D eigenvalue weighted by atomic mass is 35.5. The Morgan fingerprint density at radius 1 is 1.17 bits per heavy atom. The molecular weight excluding hydrogens is 248 g/mol. The Balaban J connectivity index is 1.74. The largest absolute Gasteiger partial charge is 0.368 e. The number of piperidine rings is 1. The Labute approximate surface area is 113 Å². The first-order chi connectivity index (χ1) is 8.69. The molecule has 1 aromatic heterocycles. The molecule has 0 aromatic carbocycles. The summed E-state index contributed by atoms with van der Waals surface area (Å²) in [6, 6.07) is 0. The zero-order valence-electron chi connectivity index (χ0n) is 10.5. The Bertz CT molecular complexity index is 433. The van der Waals surface area contributed by atoms with Crippen molar-refractivity contribution >= 4 is 23.4 Å². The summed E-state index contributed by atoms with van der Waals surface area (Å²) in [6.07, 6.45) is 9.73. The number of hydrogen-bond donors (Lipinski definition) is 1. The molecule has 98 valence electrons. The second-order valence-corrected chi connectivity index (χ2v) is 6.00. The van der Waals surface area contributed by atoms with E-state index in [1.165, 1.54) is 38.5 Å². The van der Waals surface area contributed by atoms with Crippen LogP contribution in [0.2, 0.25) is 5.02 Å². The van der Waals surface area contributed by atoms with Crippen molar-refractivity contribution in [1.82, 2.24) is 9.97 Å². The van der Waals surface area contributed by atoms with Crippen molar-refractivity contribution in [3.05, 3.63) is 11.2 Å². The zero-order valence-corrected chi connectivity index (χ0v) is 11.3. The third kappa shape index (κ3) is 2.14. The first kappa shape index (κ1) is 12.0. The van der Waals surface area contributed by atoms with Crippen molar-refractivity contribution in [3.63, 3.8) is 0 Å². The average molecular weight is 267 g/mol. The lowest BCUT2D eigenvalue weighted by atomic mass is 9.77. The van der Waals surface area contributed by atoms with Gasteiger partial charge in [0, 0.05) is 13.1 Å². The molecule has 1 aliphatic carbocycles. The maximum atomic E-state index is 6.16. The smallest absolute Gasteiger partial charge is 0.222 e. The molecule has 2 N–H and O–H groups in total. The van der Waals surface area contributed by atoms with E-state index in [0.29, 0.717) is 16.4 Å². The summed E-state index contributed by atoms with van der Waals surface area (Å²) in [5.41, 5.74) is 6.25. The van der Waals surface area contributed by atoms with E-state index < -0.39 is 0 Å². The van der Waals surface area contributed by atoms with Gasteiger partial charge < -0.3 is 10.6 Å². The number of aromatic nitrogens is 2. The number of nitrogen functional groups attached to an aromatic ring is 1. The molecule has 1 saturated heterocycles. The summed E-state index contributed by atoms with van der Waals surface area (Å²) in [5.74, 6) is 1.10. The maximum absolute atomic E-state index is 6.16. The molecule has 1 aliphatic heterocycles. The van der Waals surface area contributed by atoms with Crippen molar-refractivity contribution in [2.45, 2.75) is 38.5 Å². The molecule has 4 nitrogen and oxygen atoms in total. The molecule has 1 aromatic rings. The lowest BCUT2D eigenvalue weighted by molar-refractivity contribution is 0.226. The van der Waals surface area contributed by atoms with Gasteiger partial charge in [0.05, 0.1) is 6.20 Å². The lowest BCUT2D eigenvalue weighted by Crippen LogP contribution is -2.39. The number of halogens is 1. The predicted octanol–water partition coefficient (Wildman–Crippen LogP) is 2.87. The van der Waals surface area contributed by atoms with Gasteiger partial charge in [0.15, 0.2) is 5.82 Å². The molecule has 18 heavy (non-hydrogen) atoms. The number of nitrogens with two attached hydrogens (primary N) is 1. The van der Waals surface area contributed by atoms with Crippen LogP contribution < -0.4 is 10.6 Å². The second-order valence-electron chi connectivity index (χ2n) is 5.59. The second kappa shape index (κ2) is 4.57. The summed E-state index contributed by atoms with van der Waals surface area (Å²) in [7, 11) is 0. The van der Waals surface area contributed by atoms with Gasteiger partial charge in [-0.3, -0.25) is 0 Å². The van der Waals surface area contributed by atoms with E-state index in [0.717, 1.165) is 18.9 Å². The monoisotopic (exact) mass is 266 g/mol. The first-order valence-electron chi connectivity index (χ1n) is 6.72. The number of anilines is 2. The van der Waals surface area contributed by atoms with Gasteiger partial charge in [0.25, 0.3) is 0 Å². The van der Waals surface area contributed by atoms with Crippen molar-refractivity contribution in [1.29, 1.82) is 0 Å². The first-order valence-corrected chi connectivity index (χ1v) is 7.09. The highest BCUT2D eigenvalue weighted by Gasteiger charge is 2.37. The van der Waals surface area contributed by atoms with E-state index in [1.54, 1.807) is 6.20 Å². The highest BCUT2D eigenvalue weighted by molar-refractivity contribution is 6.32. The van der Waals surface area contributed by atoms with Crippen molar-refractivity contribution < 1.29 is 0 Å². The van der Waals surface area contributed by atoms with E-state index in [1.807, 2.05) is 0 Å². The fraction of sp³-hybridized carbons (Fsp3) is 0.692. The quantitative estimate of drug-likeness (QED) is 0.849. The molecule has 2 fully saturated rings. The molecule has 0 unspecified atom stereocenters. The minimum atomic E-state index is 0.301. The molecular formula is C13H19ClN4.